The Kier molecular flexibility index (Phi) is 9.08. The van der Waals surface area contributed by atoms with E-state index in [-0.39, 0.29) is 16.2 Å². The van der Waals surface area contributed by atoms with Crippen LogP contribution in [0.15, 0.2) is 65.6 Å². The van der Waals surface area contributed by atoms with Gasteiger partial charge in [-0.15, -0.1) is 0 Å². The van der Waals surface area contributed by atoms with Crippen LogP contribution in [-0.4, -0.2) is 51.4 Å². The molecule has 4 N–H and O–H groups in total. The van der Waals surface area contributed by atoms with Crippen molar-refractivity contribution in [3.8, 4) is 16.9 Å². The van der Waals surface area contributed by atoms with Crippen molar-refractivity contribution >= 4 is 33.5 Å². The van der Waals surface area contributed by atoms with Crippen molar-refractivity contribution in [2.45, 2.75) is 38.2 Å². The number of ether oxygens (including phenoxy) is 2. The van der Waals surface area contributed by atoms with Crippen molar-refractivity contribution < 1.29 is 32.6 Å². The van der Waals surface area contributed by atoms with E-state index in [1.807, 2.05) is 0 Å². The lowest BCUT2D eigenvalue weighted by molar-refractivity contribution is 0.0529. The smallest absolute Gasteiger partial charge is 0.407 e. The van der Waals surface area contributed by atoms with Gasteiger partial charge in [-0.05, 0) is 86.8 Å². The number of alkyl carbamates (subject to hydrolysis) is 1. The first kappa shape index (κ1) is 29.3. The number of anilines is 2. The van der Waals surface area contributed by atoms with Crippen LogP contribution < -0.4 is 20.1 Å². The molecule has 0 fully saturated rings. The van der Waals surface area contributed by atoms with Crippen LogP contribution in [0, 0.1) is 6.92 Å². The Morgan fingerprint density at radius 1 is 0.949 bits per heavy atom. The van der Waals surface area contributed by atoms with Gasteiger partial charge in [-0.1, -0.05) is 18.2 Å². The zero-order valence-electron chi connectivity index (χ0n) is 22.5. The predicted molar refractivity (Wildman–Crippen MR) is 150 cm³/mol. The molecule has 208 valence electrons. The molecule has 11 heteroatoms. The van der Waals surface area contributed by atoms with Crippen molar-refractivity contribution in [3.63, 3.8) is 0 Å². The number of carboxylic acids is 1. The van der Waals surface area contributed by atoms with Crippen LogP contribution in [0.2, 0.25) is 0 Å². The topological polar surface area (TPSA) is 143 Å². The summed E-state index contributed by atoms with van der Waals surface area (Å²) in [6.07, 6.45) is -0.521. The number of sulfonamides is 1. The summed E-state index contributed by atoms with van der Waals surface area (Å²) in [4.78, 5) is 23.1. The lowest BCUT2D eigenvalue weighted by Gasteiger charge is -2.19. The van der Waals surface area contributed by atoms with Crippen LogP contribution in [0.4, 0.5) is 16.2 Å². The number of carboxylic acid groups (broad SMARTS) is 1. The third kappa shape index (κ3) is 8.11. The first-order valence-corrected chi connectivity index (χ1v) is 13.6. The highest BCUT2D eigenvalue weighted by Crippen LogP contribution is 2.34. The molecular formula is C28H33N3O7S. The number of carbonyl (C=O) groups is 2. The van der Waals surface area contributed by atoms with E-state index in [4.69, 9.17) is 9.47 Å². The molecule has 10 nitrogen and oxygen atoms in total. The molecule has 0 aromatic heterocycles. The summed E-state index contributed by atoms with van der Waals surface area (Å²) >= 11 is 0. The van der Waals surface area contributed by atoms with Crippen LogP contribution in [0.1, 0.15) is 36.7 Å². The molecule has 3 aromatic rings. The molecule has 0 atom stereocenters. The summed E-state index contributed by atoms with van der Waals surface area (Å²) in [5, 5.41) is 15.1. The van der Waals surface area contributed by atoms with Crippen LogP contribution in [0.5, 0.6) is 5.75 Å². The van der Waals surface area contributed by atoms with E-state index in [1.165, 1.54) is 25.3 Å². The molecule has 0 saturated heterocycles. The number of hydrogen-bond donors (Lipinski definition) is 4. The summed E-state index contributed by atoms with van der Waals surface area (Å²) < 4.78 is 40.0. The third-order valence-corrected chi connectivity index (χ3v) is 6.86. The van der Waals surface area contributed by atoms with Crippen LogP contribution in [-0.2, 0) is 14.8 Å². The van der Waals surface area contributed by atoms with Gasteiger partial charge >= 0.3 is 12.1 Å². The average molecular weight is 556 g/mol. The van der Waals surface area contributed by atoms with Crippen LogP contribution >= 0.6 is 0 Å². The molecule has 0 aliphatic heterocycles. The fraction of sp³-hybridized carbons (Fsp3) is 0.286. The van der Waals surface area contributed by atoms with Crippen molar-refractivity contribution in [1.82, 2.24) is 5.32 Å². The maximum Gasteiger partial charge on any atom is 0.407 e. The van der Waals surface area contributed by atoms with Gasteiger partial charge in [0.25, 0.3) is 10.0 Å². The van der Waals surface area contributed by atoms with Gasteiger partial charge in [0, 0.05) is 18.8 Å². The first-order chi connectivity index (χ1) is 18.3. The van der Waals surface area contributed by atoms with Crippen molar-refractivity contribution in [2.75, 3.05) is 30.2 Å². The Balaban J connectivity index is 1.79. The number of carbonyl (C=O) groups excluding carboxylic acids is 1. The number of benzene rings is 3. The van der Waals surface area contributed by atoms with E-state index in [9.17, 15) is 23.1 Å². The SMILES string of the molecule is COc1cc(C)c(-c2cccc(C(=O)O)c2)cc1S(=O)(=O)Nc1cccc(NCCNC(=O)OC(C)(C)C)c1. The quantitative estimate of drug-likeness (QED) is 0.253. The van der Waals surface area contributed by atoms with Crippen molar-refractivity contribution in [2.24, 2.45) is 0 Å². The number of nitrogens with one attached hydrogen (secondary N) is 3. The monoisotopic (exact) mass is 555 g/mol. The van der Waals surface area contributed by atoms with Crippen LogP contribution in [0.3, 0.4) is 0 Å². The Morgan fingerprint density at radius 2 is 1.64 bits per heavy atom. The molecule has 0 bridgehead atoms. The Labute approximate surface area is 228 Å². The molecule has 0 unspecified atom stereocenters. The number of rotatable bonds is 10. The highest BCUT2D eigenvalue weighted by atomic mass is 32.2. The number of amides is 1. The minimum atomic E-state index is -4.09. The highest BCUT2D eigenvalue weighted by Gasteiger charge is 2.23. The predicted octanol–water partition coefficient (Wildman–Crippen LogP) is 5.11. The van der Waals surface area contributed by atoms with E-state index >= 15 is 0 Å². The lowest BCUT2D eigenvalue weighted by Crippen LogP contribution is -2.34. The van der Waals surface area contributed by atoms with Gasteiger partial charge in [-0.3, -0.25) is 4.72 Å². The third-order valence-electron chi connectivity index (χ3n) is 5.46. The largest absolute Gasteiger partial charge is 0.495 e. The normalized spacial score (nSPS) is 11.4. The summed E-state index contributed by atoms with van der Waals surface area (Å²) in [7, 11) is -2.71. The molecule has 39 heavy (non-hydrogen) atoms. The van der Waals surface area contributed by atoms with Gasteiger partial charge in [0.1, 0.15) is 16.2 Å². The number of methoxy groups -OCH3 is 1. The van der Waals surface area contributed by atoms with Gasteiger partial charge in [-0.2, -0.15) is 0 Å². The fourth-order valence-electron chi connectivity index (χ4n) is 3.75. The molecule has 0 aliphatic rings. The molecule has 0 saturated carbocycles. The molecule has 0 aliphatic carbocycles. The van der Waals surface area contributed by atoms with Gasteiger partial charge in [0.2, 0.25) is 0 Å². The summed E-state index contributed by atoms with van der Waals surface area (Å²) in [6, 6.07) is 16.1. The van der Waals surface area contributed by atoms with E-state index in [0.717, 1.165) is 5.56 Å². The summed E-state index contributed by atoms with van der Waals surface area (Å²) in [5.74, 6) is -0.924. The van der Waals surface area contributed by atoms with E-state index in [0.29, 0.717) is 35.6 Å². The molecule has 0 heterocycles. The van der Waals surface area contributed by atoms with Gasteiger partial charge in [0.15, 0.2) is 0 Å². The van der Waals surface area contributed by atoms with E-state index < -0.39 is 27.7 Å². The number of aromatic carboxylic acids is 1. The maximum absolute atomic E-state index is 13.4. The minimum absolute atomic E-state index is 0.0914. The van der Waals surface area contributed by atoms with E-state index in [1.54, 1.807) is 70.2 Å². The second kappa shape index (κ2) is 12.1. The van der Waals surface area contributed by atoms with Gasteiger partial charge in [0.05, 0.1) is 18.4 Å². The summed E-state index contributed by atoms with van der Waals surface area (Å²) in [6.45, 7) is 7.82. The number of hydrogen-bond acceptors (Lipinski definition) is 7. The highest BCUT2D eigenvalue weighted by molar-refractivity contribution is 7.92. The molecule has 3 rings (SSSR count). The standard InChI is InChI=1S/C28H33N3O7S/c1-18-14-24(37-5)25(17-23(18)19-8-6-9-20(15-19)26(32)33)39(35,36)31-22-11-7-10-21(16-22)29-12-13-30-27(34)38-28(2,3)4/h6-11,14-17,29,31H,12-13H2,1-5H3,(H,30,34)(H,32,33). The Hall–Kier alpha value is -4.25. The van der Waals surface area contributed by atoms with Crippen LogP contribution in [0.25, 0.3) is 11.1 Å². The zero-order chi connectivity index (χ0) is 28.8. The van der Waals surface area contributed by atoms with Gasteiger partial charge < -0.3 is 25.2 Å². The Morgan fingerprint density at radius 3 is 2.31 bits per heavy atom. The minimum Gasteiger partial charge on any atom is -0.495 e. The van der Waals surface area contributed by atoms with E-state index in [2.05, 4.69) is 15.4 Å². The fourth-order valence-corrected chi connectivity index (χ4v) is 4.98. The molecule has 1 amide bonds. The first-order valence-electron chi connectivity index (χ1n) is 12.1. The molecular weight excluding hydrogens is 522 g/mol. The Bertz CT molecular complexity index is 1460. The maximum atomic E-state index is 13.4. The molecule has 0 radical (unpaired) electrons. The number of aryl methyl sites for hydroxylation is 1. The molecule has 0 spiro atoms. The second-order valence-corrected chi connectivity index (χ2v) is 11.4. The zero-order valence-corrected chi connectivity index (χ0v) is 23.3. The molecule has 3 aromatic carbocycles. The lowest BCUT2D eigenvalue weighted by atomic mass is 9.98. The van der Waals surface area contributed by atoms with Crippen molar-refractivity contribution in [3.05, 3.63) is 71.8 Å². The van der Waals surface area contributed by atoms with Gasteiger partial charge in [-0.25, -0.2) is 18.0 Å². The average Bonchev–Trinajstić information content (AvgIpc) is 2.85. The van der Waals surface area contributed by atoms with Crippen molar-refractivity contribution in [1.29, 1.82) is 0 Å². The second-order valence-electron chi connectivity index (χ2n) is 9.75. The summed E-state index contributed by atoms with van der Waals surface area (Å²) in [5.41, 5.74) is 2.31.